The third kappa shape index (κ3) is 5.34. The Morgan fingerprint density at radius 3 is 0.833 bits per heavy atom. The van der Waals surface area contributed by atoms with Crippen molar-refractivity contribution in [3.05, 3.63) is 0 Å². The molecular weight excluding hydrogens is 370 g/mol. The molecule has 0 rings (SSSR count). The molecule has 0 fully saturated rings. The summed E-state index contributed by atoms with van der Waals surface area (Å²) in [5.74, 6) is 0. The maximum Gasteiger partial charge on any atom is 0.0791 e. The van der Waals surface area contributed by atoms with Crippen LogP contribution in [0.2, 0.25) is 0 Å². The zero-order chi connectivity index (χ0) is 19.7. The van der Waals surface area contributed by atoms with Gasteiger partial charge in [0.2, 0.25) is 0 Å². The van der Waals surface area contributed by atoms with Crippen molar-refractivity contribution in [2.24, 2.45) is 9.49 Å². The van der Waals surface area contributed by atoms with E-state index in [9.17, 15) is 0 Å². The molecule has 0 heterocycles. The van der Waals surface area contributed by atoms with Gasteiger partial charge in [-0.1, -0.05) is 55.4 Å². The van der Waals surface area contributed by atoms with E-state index in [-0.39, 0.29) is 11.1 Å². The highest BCUT2D eigenvalue weighted by atomic mass is 32.7. The van der Waals surface area contributed by atoms with Crippen molar-refractivity contribution in [1.29, 1.82) is 0 Å². The van der Waals surface area contributed by atoms with Crippen LogP contribution in [0.15, 0.2) is 9.49 Å². The monoisotopic (exact) mass is 412 g/mol. The normalized spacial score (nSPS) is 14.9. The SMILES string of the molecule is CC(C)P(S)(=NC(C)(C)C(C)(C)N=P(S)(C(C)C)C(C)C)C(C)C. The maximum atomic E-state index is 5.38. The summed E-state index contributed by atoms with van der Waals surface area (Å²) < 4.78 is 10.8. The van der Waals surface area contributed by atoms with Crippen LogP contribution in [-0.2, 0) is 0 Å². The van der Waals surface area contributed by atoms with Crippen molar-refractivity contribution >= 4 is 37.0 Å². The molecule has 0 spiro atoms. The molecule has 24 heavy (non-hydrogen) atoms. The topological polar surface area (TPSA) is 24.7 Å². The molecule has 6 heteroatoms. The molecule has 0 unspecified atom stereocenters. The van der Waals surface area contributed by atoms with Gasteiger partial charge in [-0.15, -0.1) is 24.5 Å². The lowest BCUT2D eigenvalue weighted by Gasteiger charge is -2.43. The maximum absolute atomic E-state index is 5.38. The smallest absolute Gasteiger partial charge is 0.0791 e. The van der Waals surface area contributed by atoms with Crippen LogP contribution < -0.4 is 0 Å². The van der Waals surface area contributed by atoms with Gasteiger partial charge in [-0.05, 0) is 50.3 Å². The predicted octanol–water partition coefficient (Wildman–Crippen LogP) is 8.27. The fourth-order valence-corrected chi connectivity index (χ4v) is 9.44. The van der Waals surface area contributed by atoms with E-state index in [1.54, 1.807) is 0 Å². The molecule has 0 aromatic carbocycles. The molecule has 0 aliphatic heterocycles. The van der Waals surface area contributed by atoms with E-state index in [0.717, 1.165) is 0 Å². The molecule has 0 bridgehead atoms. The average molecular weight is 413 g/mol. The summed E-state index contributed by atoms with van der Waals surface area (Å²) in [6.07, 6.45) is -3.39. The summed E-state index contributed by atoms with van der Waals surface area (Å²) in [5.41, 5.74) is 1.36. The Bertz CT molecular complexity index is 461. The first-order chi connectivity index (χ1) is 10.4. The predicted molar refractivity (Wildman–Crippen MR) is 125 cm³/mol. The highest BCUT2D eigenvalue weighted by molar-refractivity contribution is 8.49. The van der Waals surface area contributed by atoms with Gasteiger partial charge < -0.3 is 0 Å². The van der Waals surface area contributed by atoms with E-state index in [4.69, 9.17) is 34.0 Å². The number of hydrogen-bond donors (Lipinski definition) is 2. The largest absolute Gasteiger partial charge is 0.284 e. The van der Waals surface area contributed by atoms with E-state index in [2.05, 4.69) is 83.1 Å². The van der Waals surface area contributed by atoms with Crippen LogP contribution in [0.25, 0.3) is 0 Å². The molecule has 0 N–H and O–H groups in total. The van der Waals surface area contributed by atoms with Gasteiger partial charge in [0.05, 0.1) is 11.1 Å². The second kappa shape index (κ2) is 8.45. The van der Waals surface area contributed by atoms with Crippen LogP contribution in [0.5, 0.6) is 0 Å². The molecular formula is C18H42N2P2S2. The second-order valence-electron chi connectivity index (χ2n) is 9.09. The fraction of sp³-hybridized carbons (Fsp3) is 1.00. The van der Waals surface area contributed by atoms with Crippen LogP contribution in [0.4, 0.5) is 0 Å². The van der Waals surface area contributed by atoms with Crippen LogP contribution in [0.3, 0.4) is 0 Å². The van der Waals surface area contributed by atoms with Crippen molar-refractivity contribution < 1.29 is 0 Å². The Kier molecular flexibility index (Phi) is 8.86. The summed E-state index contributed by atoms with van der Waals surface area (Å²) >= 11 is 10.2. The molecule has 0 amide bonds. The standard InChI is InChI=1S/C18H42N2P2S2/c1-13(2)21(23,14(3)4)19-17(9,10)18(11,12)20-22(24,15(5)6)16(7)8/h13-16,23-24H,1-12H3. The number of hydrogen-bond acceptors (Lipinski definition) is 2. The average Bonchev–Trinajstić information content (AvgIpc) is 2.36. The zero-order valence-corrected chi connectivity index (χ0v) is 21.6. The van der Waals surface area contributed by atoms with Crippen molar-refractivity contribution in [3.8, 4) is 0 Å². The Labute approximate surface area is 163 Å². The minimum absolute atomic E-state index is 0.269. The second-order valence-corrected chi connectivity index (χ2v) is 20.3. The molecule has 0 aliphatic rings. The number of nitrogens with zero attached hydrogens (tertiary/aromatic N) is 2. The first kappa shape index (κ1) is 25.2. The van der Waals surface area contributed by atoms with Crippen molar-refractivity contribution in [3.63, 3.8) is 0 Å². The molecule has 0 radical (unpaired) electrons. The lowest BCUT2D eigenvalue weighted by atomic mass is 9.85. The summed E-state index contributed by atoms with van der Waals surface area (Å²) in [5, 5.41) is 0. The van der Waals surface area contributed by atoms with Crippen molar-refractivity contribution in [2.75, 3.05) is 0 Å². The van der Waals surface area contributed by atoms with Gasteiger partial charge in [0.15, 0.2) is 0 Å². The quantitative estimate of drug-likeness (QED) is 0.311. The summed E-state index contributed by atoms with van der Waals surface area (Å²) in [6.45, 7) is 26.9. The Morgan fingerprint density at radius 2 is 0.708 bits per heavy atom. The summed E-state index contributed by atoms with van der Waals surface area (Å²) in [4.78, 5) is 0. The molecule has 0 aliphatic carbocycles. The third-order valence-corrected chi connectivity index (χ3v) is 19.2. The number of rotatable bonds is 7. The summed E-state index contributed by atoms with van der Waals surface area (Å²) in [7, 11) is 0. The lowest BCUT2D eigenvalue weighted by molar-refractivity contribution is 0.320. The zero-order valence-electron chi connectivity index (χ0n) is 18.0. The summed E-state index contributed by atoms with van der Waals surface area (Å²) in [6, 6.07) is 0. The highest BCUT2D eigenvalue weighted by Gasteiger charge is 2.41. The van der Waals surface area contributed by atoms with Gasteiger partial charge in [0.1, 0.15) is 0 Å². The Hall–Kier alpha value is 1.16. The van der Waals surface area contributed by atoms with Gasteiger partial charge in [-0.25, -0.2) is 0 Å². The third-order valence-electron chi connectivity index (χ3n) is 5.36. The minimum Gasteiger partial charge on any atom is -0.284 e. The van der Waals surface area contributed by atoms with Gasteiger partial charge in [0.25, 0.3) is 0 Å². The fourth-order valence-electron chi connectivity index (χ4n) is 2.70. The highest BCUT2D eigenvalue weighted by Crippen LogP contribution is 2.67. The van der Waals surface area contributed by atoms with Crippen LogP contribution in [0.1, 0.15) is 83.1 Å². The number of thiol groups is 2. The molecule has 0 aromatic rings. The molecule has 0 saturated heterocycles. The molecule has 146 valence electrons. The van der Waals surface area contributed by atoms with Crippen LogP contribution >= 0.6 is 37.0 Å². The van der Waals surface area contributed by atoms with E-state index in [1.165, 1.54) is 0 Å². The van der Waals surface area contributed by atoms with Crippen molar-refractivity contribution in [1.82, 2.24) is 0 Å². The van der Waals surface area contributed by atoms with Gasteiger partial charge in [-0.3, -0.25) is 9.49 Å². The van der Waals surface area contributed by atoms with Crippen molar-refractivity contribution in [2.45, 2.75) is 117 Å². The Morgan fingerprint density at radius 1 is 0.542 bits per heavy atom. The molecule has 0 aromatic heterocycles. The van der Waals surface area contributed by atoms with E-state index in [1.807, 2.05) is 0 Å². The molecule has 2 nitrogen and oxygen atoms in total. The van der Waals surface area contributed by atoms with E-state index < -0.39 is 12.5 Å². The van der Waals surface area contributed by atoms with E-state index in [0.29, 0.717) is 22.6 Å². The Balaban J connectivity index is 6.38. The minimum atomic E-state index is -1.70. The first-order valence-corrected chi connectivity index (χ1v) is 15.2. The van der Waals surface area contributed by atoms with E-state index >= 15 is 0 Å². The molecule has 0 atom stereocenters. The lowest BCUT2D eigenvalue weighted by Crippen LogP contribution is -2.42. The van der Waals surface area contributed by atoms with Gasteiger partial charge in [-0.2, -0.15) is 0 Å². The first-order valence-electron chi connectivity index (χ1n) is 9.15. The van der Waals surface area contributed by atoms with Gasteiger partial charge in [0, 0.05) is 12.5 Å². The van der Waals surface area contributed by atoms with Crippen LogP contribution in [0, 0.1) is 0 Å². The molecule has 0 saturated carbocycles. The van der Waals surface area contributed by atoms with Gasteiger partial charge >= 0.3 is 0 Å². The van der Waals surface area contributed by atoms with Crippen LogP contribution in [-0.4, -0.2) is 33.7 Å².